The van der Waals surface area contributed by atoms with Gasteiger partial charge in [-0.25, -0.2) is 4.98 Å². The fraction of sp³-hybridized carbons (Fsp3) is 0.280. The van der Waals surface area contributed by atoms with Gasteiger partial charge in [-0.1, -0.05) is 59.9 Å². The topological polar surface area (TPSA) is 57.9 Å². The van der Waals surface area contributed by atoms with Crippen molar-refractivity contribution in [1.29, 1.82) is 0 Å². The first-order valence-electron chi connectivity index (χ1n) is 11.0. The van der Waals surface area contributed by atoms with Crippen LogP contribution in [0.4, 0.5) is 5.82 Å². The third-order valence-corrected chi connectivity index (χ3v) is 7.46. The van der Waals surface area contributed by atoms with Gasteiger partial charge < -0.3 is 4.90 Å². The summed E-state index contributed by atoms with van der Waals surface area (Å²) in [7, 11) is 0. The molecule has 0 unspecified atom stereocenters. The maximum Gasteiger partial charge on any atom is 0.267 e. The van der Waals surface area contributed by atoms with Crippen molar-refractivity contribution in [3.63, 3.8) is 0 Å². The second-order valence-corrected chi connectivity index (χ2v) is 10.2. The second-order valence-electron chi connectivity index (χ2n) is 8.49. The number of pyridine rings is 1. The predicted molar refractivity (Wildman–Crippen MR) is 138 cm³/mol. The van der Waals surface area contributed by atoms with Crippen LogP contribution in [0.25, 0.3) is 11.7 Å². The van der Waals surface area contributed by atoms with Gasteiger partial charge in [0.05, 0.1) is 17.0 Å². The summed E-state index contributed by atoms with van der Waals surface area (Å²) >= 11 is 6.76. The Morgan fingerprint density at radius 2 is 1.82 bits per heavy atom. The molecule has 8 heteroatoms. The van der Waals surface area contributed by atoms with E-state index in [-0.39, 0.29) is 11.5 Å². The molecule has 5 rings (SSSR count). The molecule has 2 aromatic heterocycles. The lowest BCUT2D eigenvalue weighted by Gasteiger charge is -2.20. The van der Waals surface area contributed by atoms with Gasteiger partial charge in [-0.2, -0.15) is 0 Å². The van der Waals surface area contributed by atoms with Crippen LogP contribution in [0.5, 0.6) is 0 Å². The number of thioether (sulfide) groups is 1. The number of hydrogen-bond donors (Lipinski definition) is 0. The zero-order chi connectivity index (χ0) is 23.1. The van der Waals surface area contributed by atoms with Crippen molar-refractivity contribution in [3.8, 4) is 0 Å². The van der Waals surface area contributed by atoms with Gasteiger partial charge in [0, 0.05) is 19.3 Å². The highest BCUT2D eigenvalue weighted by Gasteiger charge is 2.33. The molecule has 2 fully saturated rings. The van der Waals surface area contributed by atoms with Crippen molar-refractivity contribution < 1.29 is 4.79 Å². The number of carbonyl (C=O) groups is 1. The number of amides is 1. The standard InChI is InChI=1S/C25H24N4O2S2/c1-16-7-9-18(10-8-16)15-29-24(31)20(33-25(29)32)14-19-22(27-11-3-4-12-27)26-21-17(2)6-5-13-28(21)23(19)30/h5-10,13-14H,3-4,11-12,15H2,1-2H3/b20-14+. The lowest BCUT2D eigenvalue weighted by molar-refractivity contribution is -0.122. The van der Waals surface area contributed by atoms with Crippen LogP contribution in [0, 0.1) is 13.8 Å². The predicted octanol–water partition coefficient (Wildman–Crippen LogP) is 4.31. The monoisotopic (exact) mass is 476 g/mol. The average molecular weight is 477 g/mol. The highest BCUT2D eigenvalue weighted by atomic mass is 32.2. The smallest absolute Gasteiger partial charge is 0.267 e. The average Bonchev–Trinajstić information content (AvgIpc) is 3.42. The van der Waals surface area contributed by atoms with Crippen molar-refractivity contribution in [1.82, 2.24) is 14.3 Å². The molecular formula is C25H24N4O2S2. The molecule has 2 aliphatic heterocycles. The Morgan fingerprint density at radius 1 is 1.09 bits per heavy atom. The van der Waals surface area contributed by atoms with Crippen molar-refractivity contribution in [3.05, 3.63) is 80.1 Å². The van der Waals surface area contributed by atoms with Gasteiger partial charge in [0.1, 0.15) is 15.8 Å². The zero-order valence-electron chi connectivity index (χ0n) is 18.6. The molecular weight excluding hydrogens is 452 g/mol. The minimum Gasteiger partial charge on any atom is -0.356 e. The zero-order valence-corrected chi connectivity index (χ0v) is 20.2. The van der Waals surface area contributed by atoms with E-state index >= 15 is 0 Å². The first kappa shape index (κ1) is 21.9. The SMILES string of the molecule is Cc1ccc(CN2C(=O)/C(=C\c3c(N4CCCC4)nc4c(C)cccn4c3=O)SC2=S)cc1. The highest BCUT2D eigenvalue weighted by molar-refractivity contribution is 8.26. The first-order valence-corrected chi connectivity index (χ1v) is 12.2. The van der Waals surface area contributed by atoms with Crippen LogP contribution in [-0.2, 0) is 11.3 Å². The van der Waals surface area contributed by atoms with E-state index in [1.165, 1.54) is 11.8 Å². The van der Waals surface area contributed by atoms with Crippen LogP contribution in [-0.4, -0.2) is 37.6 Å². The third-order valence-electron chi connectivity index (χ3n) is 6.08. The number of nitrogens with zero attached hydrogens (tertiary/aromatic N) is 4. The molecule has 2 saturated heterocycles. The fourth-order valence-electron chi connectivity index (χ4n) is 4.24. The molecule has 0 radical (unpaired) electrons. The number of hydrogen-bond acceptors (Lipinski definition) is 6. The molecule has 0 atom stereocenters. The number of aromatic nitrogens is 2. The maximum atomic E-state index is 13.5. The van der Waals surface area contributed by atoms with Crippen LogP contribution in [0.15, 0.2) is 52.3 Å². The molecule has 6 nitrogen and oxygen atoms in total. The van der Waals surface area contributed by atoms with Crippen molar-refractivity contribution in [2.45, 2.75) is 33.2 Å². The Bertz CT molecular complexity index is 1360. The molecule has 0 aliphatic carbocycles. The van der Waals surface area contributed by atoms with Gasteiger partial charge in [-0.15, -0.1) is 0 Å². The fourth-order valence-corrected chi connectivity index (χ4v) is 5.48. The number of anilines is 1. The molecule has 0 saturated carbocycles. The molecule has 3 aromatic rings. The normalized spacial score (nSPS) is 17.7. The van der Waals surface area contributed by atoms with Gasteiger partial charge in [-0.05, 0) is 50.0 Å². The van der Waals surface area contributed by atoms with Crippen LogP contribution >= 0.6 is 24.0 Å². The van der Waals surface area contributed by atoms with Gasteiger partial charge in [0.25, 0.3) is 11.5 Å². The summed E-state index contributed by atoms with van der Waals surface area (Å²) in [5, 5.41) is 0. The van der Waals surface area contributed by atoms with Crippen LogP contribution in [0.1, 0.15) is 35.1 Å². The van der Waals surface area contributed by atoms with E-state index in [1.54, 1.807) is 21.6 Å². The van der Waals surface area contributed by atoms with Crippen LogP contribution in [0.2, 0.25) is 0 Å². The van der Waals surface area contributed by atoms with Gasteiger partial charge in [0.15, 0.2) is 0 Å². The molecule has 0 N–H and O–H groups in total. The van der Waals surface area contributed by atoms with Gasteiger partial charge >= 0.3 is 0 Å². The van der Waals surface area contributed by atoms with E-state index < -0.39 is 0 Å². The molecule has 4 heterocycles. The molecule has 0 bridgehead atoms. The Kier molecular flexibility index (Phi) is 5.80. The summed E-state index contributed by atoms with van der Waals surface area (Å²) in [5.41, 5.74) is 4.03. The van der Waals surface area contributed by atoms with E-state index in [0.717, 1.165) is 42.6 Å². The highest BCUT2D eigenvalue weighted by Crippen LogP contribution is 2.35. The van der Waals surface area contributed by atoms with Gasteiger partial charge in [-0.3, -0.25) is 18.9 Å². The van der Waals surface area contributed by atoms with Crippen LogP contribution in [0.3, 0.4) is 0 Å². The second kappa shape index (κ2) is 8.76. The Hall–Kier alpha value is -2.97. The summed E-state index contributed by atoms with van der Waals surface area (Å²) in [4.78, 5) is 35.9. The number of benzene rings is 1. The van der Waals surface area contributed by atoms with Crippen LogP contribution < -0.4 is 10.5 Å². The minimum absolute atomic E-state index is 0.172. The van der Waals surface area contributed by atoms with E-state index in [2.05, 4.69) is 4.90 Å². The first-order chi connectivity index (χ1) is 15.9. The van der Waals surface area contributed by atoms with Gasteiger partial charge in [0.2, 0.25) is 0 Å². The summed E-state index contributed by atoms with van der Waals surface area (Å²) < 4.78 is 2.06. The summed E-state index contributed by atoms with van der Waals surface area (Å²) in [6.45, 7) is 6.09. The Labute approximate surface area is 201 Å². The lowest BCUT2D eigenvalue weighted by Crippen LogP contribution is -2.28. The molecule has 2 aliphatic rings. The molecule has 1 amide bonds. The molecule has 0 spiro atoms. The third kappa shape index (κ3) is 4.09. The number of thiocarbonyl (C=S) groups is 1. The number of carbonyl (C=O) groups excluding carboxylic acids is 1. The number of fused-ring (bicyclic) bond motifs is 1. The van der Waals surface area contributed by atoms with E-state index in [4.69, 9.17) is 17.2 Å². The summed E-state index contributed by atoms with van der Waals surface area (Å²) in [6.07, 6.45) is 5.54. The van der Waals surface area contributed by atoms with Crippen molar-refractivity contribution in [2.75, 3.05) is 18.0 Å². The van der Waals surface area contributed by atoms with Crippen molar-refractivity contribution in [2.24, 2.45) is 0 Å². The van der Waals surface area contributed by atoms with E-state index in [1.807, 2.05) is 50.2 Å². The minimum atomic E-state index is -0.174. The number of aryl methyl sites for hydroxylation is 2. The Morgan fingerprint density at radius 3 is 2.55 bits per heavy atom. The van der Waals surface area contributed by atoms with E-state index in [0.29, 0.717) is 32.8 Å². The quantitative estimate of drug-likeness (QED) is 0.413. The lowest BCUT2D eigenvalue weighted by atomic mass is 10.1. The molecule has 1 aromatic carbocycles. The van der Waals surface area contributed by atoms with Crippen molar-refractivity contribution >= 4 is 51.7 Å². The Balaban J connectivity index is 1.57. The summed E-state index contributed by atoms with van der Waals surface area (Å²) in [6, 6.07) is 11.8. The molecule has 33 heavy (non-hydrogen) atoms. The maximum absolute atomic E-state index is 13.5. The number of rotatable bonds is 4. The molecule has 168 valence electrons. The largest absolute Gasteiger partial charge is 0.356 e. The van der Waals surface area contributed by atoms with E-state index in [9.17, 15) is 9.59 Å². The summed E-state index contributed by atoms with van der Waals surface area (Å²) in [5.74, 6) is 0.474.